The van der Waals surface area contributed by atoms with Gasteiger partial charge in [-0.2, -0.15) is 0 Å². The summed E-state index contributed by atoms with van der Waals surface area (Å²) in [6, 6.07) is 9.75. The zero-order chi connectivity index (χ0) is 10.6. The Morgan fingerprint density at radius 2 is 2.00 bits per heavy atom. The van der Waals surface area contributed by atoms with Crippen LogP contribution in [0.3, 0.4) is 0 Å². The lowest BCUT2D eigenvalue weighted by Crippen LogP contribution is -2.36. The van der Waals surface area contributed by atoms with Crippen molar-refractivity contribution in [2.45, 2.75) is 18.9 Å². The molecule has 0 bridgehead atoms. The maximum atomic E-state index is 11.2. The molecule has 0 aliphatic heterocycles. The second-order valence-electron chi connectivity index (χ2n) is 3.40. The van der Waals surface area contributed by atoms with Gasteiger partial charge in [-0.1, -0.05) is 30.3 Å². The Labute approximate surface area is 89.7 Å². The molecular formula is C11H14O2S. The predicted octanol–water partition coefficient (Wildman–Crippen LogP) is 2.09. The lowest BCUT2D eigenvalue weighted by Gasteiger charge is -2.24. The number of thiol groups is 1. The number of carbonyl (C=O) groups excluding carboxylic acids is 1. The number of carbonyl (C=O) groups is 1. The second kappa shape index (κ2) is 4.62. The Kier molecular flexibility index (Phi) is 3.72. The van der Waals surface area contributed by atoms with Crippen LogP contribution in [-0.2, 0) is 16.0 Å². The minimum Gasteiger partial charge on any atom is -0.369 e. The van der Waals surface area contributed by atoms with E-state index in [1.54, 1.807) is 6.92 Å². The van der Waals surface area contributed by atoms with Crippen molar-refractivity contribution in [3.63, 3.8) is 0 Å². The molecule has 0 aliphatic rings. The van der Waals surface area contributed by atoms with E-state index in [-0.39, 0.29) is 5.12 Å². The molecule has 0 saturated heterocycles. The monoisotopic (exact) mass is 210 g/mol. The summed E-state index contributed by atoms with van der Waals surface area (Å²) in [6.45, 7) is 1.75. The lowest BCUT2D eigenvalue weighted by molar-refractivity contribution is -0.129. The number of hydrogen-bond donors (Lipinski definition) is 1. The summed E-state index contributed by atoms with van der Waals surface area (Å²) in [5, 5.41) is -0.246. The molecule has 0 radical (unpaired) electrons. The van der Waals surface area contributed by atoms with Gasteiger partial charge >= 0.3 is 0 Å². The zero-order valence-corrected chi connectivity index (χ0v) is 9.25. The van der Waals surface area contributed by atoms with Crippen LogP contribution in [0.2, 0.25) is 0 Å². The summed E-state index contributed by atoms with van der Waals surface area (Å²) in [5.74, 6) is 0. The SMILES string of the molecule is COC(C)(Cc1ccccc1)C(=O)S. The summed E-state index contributed by atoms with van der Waals surface area (Å²) in [4.78, 5) is 11.2. The van der Waals surface area contributed by atoms with Gasteiger partial charge in [0.2, 0.25) is 5.12 Å². The average molecular weight is 210 g/mol. The minimum atomic E-state index is -0.829. The Morgan fingerprint density at radius 1 is 1.43 bits per heavy atom. The molecule has 0 aliphatic carbocycles. The highest BCUT2D eigenvalue weighted by Gasteiger charge is 2.30. The van der Waals surface area contributed by atoms with Crippen molar-refractivity contribution in [2.75, 3.05) is 7.11 Å². The van der Waals surface area contributed by atoms with Crippen LogP contribution >= 0.6 is 12.6 Å². The fourth-order valence-corrected chi connectivity index (χ4v) is 1.39. The van der Waals surface area contributed by atoms with Gasteiger partial charge in [0.25, 0.3) is 0 Å². The molecule has 1 rings (SSSR count). The summed E-state index contributed by atoms with van der Waals surface area (Å²) >= 11 is 3.83. The molecule has 0 aromatic heterocycles. The quantitative estimate of drug-likeness (QED) is 0.770. The number of hydrogen-bond acceptors (Lipinski definition) is 2. The average Bonchev–Trinajstić information content (AvgIpc) is 2.19. The van der Waals surface area contributed by atoms with Crippen molar-refractivity contribution >= 4 is 17.7 Å². The van der Waals surface area contributed by atoms with E-state index in [2.05, 4.69) is 12.6 Å². The predicted molar refractivity (Wildman–Crippen MR) is 59.6 cm³/mol. The maximum Gasteiger partial charge on any atom is 0.217 e. The number of methoxy groups -OCH3 is 1. The van der Waals surface area contributed by atoms with Crippen LogP contribution in [0, 0.1) is 0 Å². The molecular weight excluding hydrogens is 196 g/mol. The van der Waals surface area contributed by atoms with Crippen LogP contribution in [0.15, 0.2) is 30.3 Å². The standard InChI is InChI=1S/C11H14O2S/c1-11(13-2,10(12)14)8-9-6-4-3-5-7-9/h3-7H,8H2,1-2H3,(H,12,14). The van der Waals surface area contributed by atoms with Crippen molar-refractivity contribution < 1.29 is 9.53 Å². The van der Waals surface area contributed by atoms with E-state index in [0.29, 0.717) is 6.42 Å². The van der Waals surface area contributed by atoms with E-state index in [9.17, 15) is 4.79 Å². The van der Waals surface area contributed by atoms with Gasteiger partial charge in [0.05, 0.1) is 0 Å². The minimum absolute atomic E-state index is 0.246. The Morgan fingerprint density at radius 3 is 2.43 bits per heavy atom. The van der Waals surface area contributed by atoms with Crippen molar-refractivity contribution in [1.82, 2.24) is 0 Å². The lowest BCUT2D eigenvalue weighted by atomic mass is 9.98. The van der Waals surface area contributed by atoms with E-state index in [1.165, 1.54) is 7.11 Å². The number of ether oxygens (including phenoxy) is 1. The fraction of sp³-hybridized carbons (Fsp3) is 0.364. The van der Waals surface area contributed by atoms with Crippen LogP contribution in [0.25, 0.3) is 0 Å². The van der Waals surface area contributed by atoms with Crippen LogP contribution < -0.4 is 0 Å². The Hall–Kier alpha value is -0.800. The zero-order valence-electron chi connectivity index (χ0n) is 8.36. The molecule has 3 heteroatoms. The molecule has 0 heterocycles. The third kappa shape index (κ3) is 2.59. The van der Waals surface area contributed by atoms with Gasteiger partial charge in [-0.05, 0) is 12.5 Å². The van der Waals surface area contributed by atoms with Crippen molar-refractivity contribution in [2.24, 2.45) is 0 Å². The fourth-order valence-electron chi connectivity index (χ4n) is 1.22. The highest BCUT2D eigenvalue weighted by Crippen LogP contribution is 2.19. The largest absolute Gasteiger partial charge is 0.369 e. The molecule has 2 nitrogen and oxygen atoms in total. The molecule has 0 spiro atoms. The second-order valence-corrected chi connectivity index (χ2v) is 3.81. The first kappa shape index (κ1) is 11.3. The Balaban J connectivity index is 2.81. The Bertz CT molecular complexity index is 310. The first-order chi connectivity index (χ1) is 6.58. The number of benzene rings is 1. The normalized spacial score (nSPS) is 14.8. The van der Waals surface area contributed by atoms with Gasteiger partial charge < -0.3 is 4.74 Å². The van der Waals surface area contributed by atoms with Crippen molar-refractivity contribution in [1.29, 1.82) is 0 Å². The van der Waals surface area contributed by atoms with Crippen LogP contribution in [-0.4, -0.2) is 17.8 Å². The van der Waals surface area contributed by atoms with Crippen molar-refractivity contribution in [3.8, 4) is 0 Å². The molecule has 1 atom stereocenters. The molecule has 76 valence electrons. The first-order valence-electron chi connectivity index (χ1n) is 4.41. The summed E-state index contributed by atoms with van der Waals surface area (Å²) in [6.07, 6.45) is 0.548. The summed E-state index contributed by atoms with van der Waals surface area (Å²) < 4.78 is 5.18. The van der Waals surface area contributed by atoms with Gasteiger partial charge in [0.1, 0.15) is 5.60 Å². The highest BCUT2D eigenvalue weighted by molar-refractivity contribution is 7.96. The molecule has 1 aromatic carbocycles. The van der Waals surface area contributed by atoms with Gasteiger partial charge in [-0.3, -0.25) is 4.79 Å². The third-order valence-electron chi connectivity index (χ3n) is 2.29. The molecule has 0 fully saturated rings. The third-order valence-corrected chi connectivity index (χ3v) is 2.76. The molecule has 1 aromatic rings. The maximum absolute atomic E-state index is 11.2. The van der Waals surface area contributed by atoms with Crippen molar-refractivity contribution in [3.05, 3.63) is 35.9 Å². The van der Waals surface area contributed by atoms with E-state index >= 15 is 0 Å². The van der Waals surface area contributed by atoms with E-state index in [1.807, 2.05) is 30.3 Å². The molecule has 0 saturated carbocycles. The van der Waals surface area contributed by atoms with E-state index in [0.717, 1.165) is 5.56 Å². The van der Waals surface area contributed by atoms with E-state index < -0.39 is 5.60 Å². The van der Waals surface area contributed by atoms with Crippen LogP contribution in [0.5, 0.6) is 0 Å². The first-order valence-corrected chi connectivity index (χ1v) is 4.86. The van der Waals surface area contributed by atoms with Gasteiger partial charge in [0, 0.05) is 13.5 Å². The van der Waals surface area contributed by atoms with Crippen LogP contribution in [0.4, 0.5) is 0 Å². The molecule has 14 heavy (non-hydrogen) atoms. The molecule has 1 unspecified atom stereocenters. The summed E-state index contributed by atoms with van der Waals surface area (Å²) in [7, 11) is 1.52. The van der Waals surface area contributed by atoms with Gasteiger partial charge in [0.15, 0.2) is 0 Å². The topological polar surface area (TPSA) is 26.3 Å². The molecule has 0 N–H and O–H groups in total. The molecule has 0 amide bonds. The van der Waals surface area contributed by atoms with Gasteiger partial charge in [-0.15, -0.1) is 12.6 Å². The number of rotatable bonds is 4. The van der Waals surface area contributed by atoms with E-state index in [4.69, 9.17) is 4.74 Å². The smallest absolute Gasteiger partial charge is 0.217 e. The van der Waals surface area contributed by atoms with Crippen LogP contribution in [0.1, 0.15) is 12.5 Å². The van der Waals surface area contributed by atoms with Gasteiger partial charge in [-0.25, -0.2) is 0 Å². The summed E-state index contributed by atoms with van der Waals surface area (Å²) in [5.41, 5.74) is 0.240. The highest BCUT2D eigenvalue weighted by atomic mass is 32.1.